The van der Waals surface area contributed by atoms with Crippen LogP contribution in [-0.4, -0.2) is 0 Å². The first-order chi connectivity index (χ1) is 5.86. The first kappa shape index (κ1) is 9.32. The lowest BCUT2D eigenvalue weighted by atomic mass is 9.83. The number of rotatable bonds is 2. The fourth-order valence-electron chi connectivity index (χ4n) is 1.98. The summed E-state index contributed by atoms with van der Waals surface area (Å²) in [7, 11) is 0. The Kier molecular flexibility index (Phi) is 3.87. The van der Waals surface area contributed by atoms with Crippen LogP contribution in [0.1, 0.15) is 45.4 Å². The third-order valence-corrected chi connectivity index (χ3v) is 2.71. The van der Waals surface area contributed by atoms with E-state index in [0.29, 0.717) is 0 Å². The SMILES string of the molecule is CCCC1CCC(=CC#N)CC1. The van der Waals surface area contributed by atoms with Gasteiger partial charge in [-0.1, -0.05) is 25.3 Å². The second-order valence-electron chi connectivity index (χ2n) is 3.66. The van der Waals surface area contributed by atoms with Gasteiger partial charge >= 0.3 is 0 Å². The van der Waals surface area contributed by atoms with E-state index < -0.39 is 0 Å². The van der Waals surface area contributed by atoms with Gasteiger partial charge in [0.25, 0.3) is 0 Å². The van der Waals surface area contributed by atoms with Crippen molar-refractivity contribution in [2.24, 2.45) is 5.92 Å². The van der Waals surface area contributed by atoms with Crippen LogP contribution >= 0.6 is 0 Å². The van der Waals surface area contributed by atoms with Gasteiger partial charge in [0, 0.05) is 6.08 Å². The number of nitriles is 1. The van der Waals surface area contributed by atoms with Gasteiger partial charge in [-0.2, -0.15) is 5.26 Å². The second kappa shape index (κ2) is 4.98. The molecule has 0 saturated heterocycles. The van der Waals surface area contributed by atoms with Gasteiger partial charge in [-0.25, -0.2) is 0 Å². The molecule has 0 unspecified atom stereocenters. The second-order valence-corrected chi connectivity index (χ2v) is 3.66. The van der Waals surface area contributed by atoms with Gasteiger partial charge in [-0.15, -0.1) is 0 Å². The molecule has 0 aromatic rings. The summed E-state index contributed by atoms with van der Waals surface area (Å²) in [5, 5.41) is 8.46. The third-order valence-electron chi connectivity index (χ3n) is 2.71. The molecule has 12 heavy (non-hydrogen) atoms. The first-order valence-electron chi connectivity index (χ1n) is 4.94. The molecule has 1 heteroatoms. The largest absolute Gasteiger partial charge is 0.193 e. The van der Waals surface area contributed by atoms with Crippen molar-refractivity contribution in [3.63, 3.8) is 0 Å². The highest BCUT2D eigenvalue weighted by Crippen LogP contribution is 2.30. The average molecular weight is 163 g/mol. The molecule has 1 rings (SSSR count). The molecular weight excluding hydrogens is 146 g/mol. The first-order valence-corrected chi connectivity index (χ1v) is 4.94. The summed E-state index contributed by atoms with van der Waals surface area (Å²) in [4.78, 5) is 0. The Hall–Kier alpha value is -0.770. The summed E-state index contributed by atoms with van der Waals surface area (Å²) < 4.78 is 0. The van der Waals surface area contributed by atoms with Crippen LogP contribution < -0.4 is 0 Å². The Morgan fingerprint density at radius 3 is 2.67 bits per heavy atom. The molecule has 0 aliphatic heterocycles. The van der Waals surface area contributed by atoms with Gasteiger partial charge in [-0.05, 0) is 31.6 Å². The summed E-state index contributed by atoms with van der Waals surface area (Å²) in [6.07, 6.45) is 9.36. The molecule has 1 saturated carbocycles. The minimum absolute atomic E-state index is 0.936. The van der Waals surface area contributed by atoms with Gasteiger partial charge in [0.2, 0.25) is 0 Å². The minimum atomic E-state index is 0.936. The van der Waals surface area contributed by atoms with Gasteiger partial charge in [0.15, 0.2) is 0 Å². The van der Waals surface area contributed by atoms with Crippen molar-refractivity contribution in [1.82, 2.24) is 0 Å². The zero-order valence-electron chi connectivity index (χ0n) is 7.84. The highest BCUT2D eigenvalue weighted by atomic mass is 14.2. The van der Waals surface area contributed by atoms with Crippen molar-refractivity contribution in [3.8, 4) is 6.07 Å². The van der Waals surface area contributed by atoms with E-state index in [4.69, 9.17) is 5.26 Å². The minimum Gasteiger partial charge on any atom is -0.193 e. The molecule has 1 nitrogen and oxygen atoms in total. The molecule has 1 fully saturated rings. The van der Waals surface area contributed by atoms with Crippen molar-refractivity contribution in [2.75, 3.05) is 0 Å². The highest BCUT2D eigenvalue weighted by Gasteiger charge is 2.14. The summed E-state index contributed by atoms with van der Waals surface area (Å²) in [6, 6.07) is 2.12. The summed E-state index contributed by atoms with van der Waals surface area (Å²) in [6.45, 7) is 2.25. The third kappa shape index (κ3) is 2.70. The van der Waals surface area contributed by atoms with Gasteiger partial charge in [0.05, 0.1) is 6.07 Å². The molecule has 0 N–H and O–H groups in total. The molecule has 0 aromatic carbocycles. The maximum atomic E-state index is 8.46. The van der Waals surface area contributed by atoms with E-state index >= 15 is 0 Å². The molecule has 0 amide bonds. The molecule has 0 spiro atoms. The Balaban J connectivity index is 2.30. The van der Waals surface area contributed by atoms with E-state index in [0.717, 1.165) is 18.8 Å². The average Bonchev–Trinajstić information content (AvgIpc) is 2.09. The van der Waals surface area contributed by atoms with E-state index in [2.05, 4.69) is 13.0 Å². The zero-order chi connectivity index (χ0) is 8.81. The Morgan fingerprint density at radius 2 is 2.17 bits per heavy atom. The van der Waals surface area contributed by atoms with Crippen LogP contribution in [0.15, 0.2) is 11.6 Å². The van der Waals surface area contributed by atoms with Gasteiger partial charge < -0.3 is 0 Å². The topological polar surface area (TPSA) is 23.8 Å². The van der Waals surface area contributed by atoms with Crippen LogP contribution in [0.2, 0.25) is 0 Å². The summed E-state index contributed by atoms with van der Waals surface area (Å²) in [5.41, 5.74) is 1.37. The van der Waals surface area contributed by atoms with Crippen molar-refractivity contribution < 1.29 is 0 Å². The molecule has 66 valence electrons. The summed E-state index contributed by atoms with van der Waals surface area (Å²) >= 11 is 0. The summed E-state index contributed by atoms with van der Waals surface area (Å²) in [5.74, 6) is 0.936. The van der Waals surface area contributed by atoms with Crippen LogP contribution in [0.25, 0.3) is 0 Å². The Bertz CT molecular complexity index is 188. The lowest BCUT2D eigenvalue weighted by Crippen LogP contribution is -2.07. The van der Waals surface area contributed by atoms with E-state index in [1.165, 1.54) is 31.3 Å². The maximum Gasteiger partial charge on any atom is 0.0911 e. The Labute approximate surface area is 75.1 Å². The highest BCUT2D eigenvalue weighted by molar-refractivity contribution is 5.14. The normalized spacial score (nSPS) is 23.3. The predicted octanol–water partition coefficient (Wildman–Crippen LogP) is 3.43. The van der Waals surface area contributed by atoms with Gasteiger partial charge in [0.1, 0.15) is 0 Å². The number of hydrogen-bond donors (Lipinski definition) is 0. The van der Waals surface area contributed by atoms with E-state index in [-0.39, 0.29) is 0 Å². The molecule has 0 heterocycles. The molecule has 0 radical (unpaired) electrons. The molecule has 0 atom stereocenters. The zero-order valence-corrected chi connectivity index (χ0v) is 7.84. The van der Waals surface area contributed by atoms with Crippen LogP contribution in [0.4, 0.5) is 0 Å². The van der Waals surface area contributed by atoms with Crippen molar-refractivity contribution in [2.45, 2.75) is 45.4 Å². The smallest absolute Gasteiger partial charge is 0.0911 e. The maximum absolute atomic E-state index is 8.46. The lowest BCUT2D eigenvalue weighted by molar-refractivity contribution is 0.380. The van der Waals surface area contributed by atoms with E-state index in [9.17, 15) is 0 Å². The number of nitrogens with zero attached hydrogens (tertiary/aromatic N) is 1. The molecule has 1 aliphatic carbocycles. The molecule has 1 aliphatic rings. The fourth-order valence-corrected chi connectivity index (χ4v) is 1.98. The van der Waals surface area contributed by atoms with Crippen LogP contribution in [0.3, 0.4) is 0 Å². The Morgan fingerprint density at radius 1 is 1.50 bits per heavy atom. The molecule has 0 bridgehead atoms. The monoisotopic (exact) mass is 163 g/mol. The van der Waals surface area contributed by atoms with Gasteiger partial charge in [-0.3, -0.25) is 0 Å². The van der Waals surface area contributed by atoms with E-state index in [1.54, 1.807) is 6.08 Å². The van der Waals surface area contributed by atoms with Crippen molar-refractivity contribution in [1.29, 1.82) is 5.26 Å². The number of hydrogen-bond acceptors (Lipinski definition) is 1. The fraction of sp³-hybridized carbons (Fsp3) is 0.727. The van der Waals surface area contributed by atoms with Crippen molar-refractivity contribution >= 4 is 0 Å². The quantitative estimate of drug-likeness (QED) is 0.572. The predicted molar refractivity (Wildman–Crippen MR) is 50.6 cm³/mol. The molecule has 0 aromatic heterocycles. The number of allylic oxidation sites excluding steroid dienone is 2. The molecular formula is C11H17N. The van der Waals surface area contributed by atoms with Crippen LogP contribution in [0, 0.1) is 17.2 Å². The lowest BCUT2D eigenvalue weighted by Gasteiger charge is -2.22. The van der Waals surface area contributed by atoms with Crippen molar-refractivity contribution in [3.05, 3.63) is 11.6 Å². The standard InChI is InChI=1S/C11H17N/c1-2-3-10-4-6-11(7-5-10)8-9-12/h8,10H,2-7H2,1H3. The van der Waals surface area contributed by atoms with Crippen LogP contribution in [-0.2, 0) is 0 Å². The van der Waals surface area contributed by atoms with E-state index in [1.807, 2.05) is 0 Å². The van der Waals surface area contributed by atoms with Crippen LogP contribution in [0.5, 0.6) is 0 Å².